The highest BCUT2D eigenvalue weighted by atomic mass is 16.6. The van der Waals surface area contributed by atoms with Gasteiger partial charge in [-0.15, -0.1) is 0 Å². The van der Waals surface area contributed by atoms with Gasteiger partial charge < -0.3 is 14.2 Å². The highest BCUT2D eigenvalue weighted by Crippen LogP contribution is 2.14. The lowest BCUT2D eigenvalue weighted by atomic mass is 10.1. The van der Waals surface area contributed by atoms with E-state index in [-0.39, 0.29) is 31.1 Å². The van der Waals surface area contributed by atoms with Crippen molar-refractivity contribution in [3.63, 3.8) is 0 Å². The van der Waals surface area contributed by atoms with E-state index in [4.69, 9.17) is 14.2 Å². The van der Waals surface area contributed by atoms with Gasteiger partial charge in [-0.3, -0.25) is 14.4 Å². The number of ether oxygens (including phenoxy) is 3. The van der Waals surface area contributed by atoms with Crippen LogP contribution in [-0.4, -0.2) is 37.2 Å². The summed E-state index contributed by atoms with van der Waals surface area (Å²) in [6.07, 6.45) is 99.6. The number of carbonyl (C=O) groups excluding carboxylic acids is 3. The topological polar surface area (TPSA) is 78.9 Å². The molecule has 0 heterocycles. The number of carbonyl (C=O) groups is 3. The van der Waals surface area contributed by atoms with Crippen LogP contribution in [0.2, 0.25) is 0 Å². The molecule has 0 bridgehead atoms. The van der Waals surface area contributed by atoms with Crippen LogP contribution in [0.25, 0.3) is 0 Å². The SMILES string of the molecule is CC/C=C\C/C=C\C/C=C\C/C=C\C/C=C\C/C=C\C/C=C\C/C=C\C/C=C\C/C=C\CCCCCCC(=O)OCC(COC(=O)CCCCCCCCC)OC(=O)CCCCCCCCCC/C=C\C/C=C\C/C=C\C/C=C\CC. The minimum absolute atomic E-state index is 0.0951. The fourth-order valence-electron chi connectivity index (χ4n) is 8.40. The van der Waals surface area contributed by atoms with Crippen LogP contribution < -0.4 is 0 Å². The second kappa shape index (κ2) is 67.3. The van der Waals surface area contributed by atoms with Gasteiger partial charge in [0.2, 0.25) is 0 Å². The van der Waals surface area contributed by atoms with Gasteiger partial charge in [-0.25, -0.2) is 0 Å². The van der Waals surface area contributed by atoms with E-state index in [1.54, 1.807) is 0 Å². The molecule has 0 rings (SSSR count). The Bertz CT molecular complexity index is 1860. The zero-order valence-electron chi connectivity index (χ0n) is 52.0. The summed E-state index contributed by atoms with van der Waals surface area (Å²) in [6, 6.07) is 0. The summed E-state index contributed by atoms with van der Waals surface area (Å²) in [5.41, 5.74) is 0. The largest absolute Gasteiger partial charge is 0.462 e. The number of allylic oxidation sites excluding steroid dienone is 28. The Hall–Kier alpha value is -5.23. The third-order valence-electron chi connectivity index (χ3n) is 13.2. The Morgan fingerprint density at radius 3 is 0.753 bits per heavy atom. The summed E-state index contributed by atoms with van der Waals surface area (Å²) >= 11 is 0. The summed E-state index contributed by atoms with van der Waals surface area (Å²) < 4.78 is 16.8. The van der Waals surface area contributed by atoms with Gasteiger partial charge in [0, 0.05) is 19.3 Å². The highest BCUT2D eigenvalue weighted by molar-refractivity contribution is 5.71. The molecule has 0 fully saturated rings. The molecule has 6 nitrogen and oxygen atoms in total. The van der Waals surface area contributed by atoms with Gasteiger partial charge in [-0.05, 0) is 135 Å². The second-order valence-corrected chi connectivity index (χ2v) is 20.9. The highest BCUT2D eigenvalue weighted by Gasteiger charge is 2.19. The van der Waals surface area contributed by atoms with Gasteiger partial charge >= 0.3 is 17.9 Å². The smallest absolute Gasteiger partial charge is 0.306 e. The maximum absolute atomic E-state index is 12.9. The third-order valence-corrected chi connectivity index (χ3v) is 13.2. The molecule has 0 N–H and O–H groups in total. The molecular weight excluding hydrogens is 997 g/mol. The molecule has 0 amide bonds. The Balaban J connectivity index is 4.23. The Morgan fingerprint density at radius 2 is 0.481 bits per heavy atom. The quantitative estimate of drug-likeness (QED) is 0.0261. The van der Waals surface area contributed by atoms with E-state index in [2.05, 4.69) is 191 Å². The standard InChI is InChI=1S/C75H118O6/c1-4-7-10-13-16-18-20-22-24-26-28-30-31-32-33-34-35-36-37-38-39-40-41-42-43-45-46-48-50-52-54-56-59-62-65-68-74(77)80-71-72(70-79-73(76)67-64-61-58-15-12-9-6-3)81-75(78)69-66-63-60-57-55-53-51-49-47-44-29-27-25-23-21-19-17-14-11-8-5-2/h7-8,10-11,16-19,22-25,28-30,32-33,35-36,38-39,41-42,44-46,50,52,72H,4-6,9,12-15,20-21,26-27,31,34,37,40,43,47-49,51,53-71H2,1-3H3/b10-7-,11-8-,18-16-,19-17-,24-22-,25-23-,30-28-,33-32-,36-35-,39-38-,42-41-,44-29-,46-45-,52-50-. The van der Waals surface area contributed by atoms with Crippen molar-refractivity contribution in [2.24, 2.45) is 0 Å². The maximum atomic E-state index is 12.9. The first-order chi connectivity index (χ1) is 40.0. The van der Waals surface area contributed by atoms with E-state index in [9.17, 15) is 14.4 Å². The predicted octanol–water partition coefficient (Wildman–Crippen LogP) is 22.7. The molecule has 0 saturated heterocycles. The van der Waals surface area contributed by atoms with E-state index in [0.29, 0.717) is 19.3 Å². The molecule has 1 atom stereocenters. The van der Waals surface area contributed by atoms with Crippen molar-refractivity contribution in [2.45, 2.75) is 271 Å². The number of hydrogen-bond donors (Lipinski definition) is 0. The third kappa shape index (κ3) is 65.5. The normalized spacial score (nSPS) is 13.3. The minimum Gasteiger partial charge on any atom is -0.462 e. The molecule has 0 aromatic carbocycles. The molecule has 0 aromatic heterocycles. The van der Waals surface area contributed by atoms with Crippen LogP contribution in [0, 0.1) is 0 Å². The van der Waals surface area contributed by atoms with Crippen LogP contribution in [0.15, 0.2) is 170 Å². The van der Waals surface area contributed by atoms with Crippen molar-refractivity contribution in [3.8, 4) is 0 Å². The van der Waals surface area contributed by atoms with Gasteiger partial charge in [-0.1, -0.05) is 281 Å². The van der Waals surface area contributed by atoms with E-state index >= 15 is 0 Å². The molecule has 0 aliphatic rings. The van der Waals surface area contributed by atoms with Crippen LogP contribution >= 0.6 is 0 Å². The molecule has 0 radical (unpaired) electrons. The lowest BCUT2D eigenvalue weighted by Crippen LogP contribution is -2.30. The lowest BCUT2D eigenvalue weighted by molar-refractivity contribution is -0.167. The average Bonchev–Trinajstić information content (AvgIpc) is 3.47. The van der Waals surface area contributed by atoms with Crippen molar-refractivity contribution in [3.05, 3.63) is 170 Å². The fraction of sp³-hybridized carbons (Fsp3) is 0.587. The van der Waals surface area contributed by atoms with Crippen molar-refractivity contribution in [1.82, 2.24) is 0 Å². The van der Waals surface area contributed by atoms with Gasteiger partial charge in [0.05, 0.1) is 0 Å². The molecule has 6 heteroatoms. The molecule has 0 spiro atoms. The summed E-state index contributed by atoms with van der Waals surface area (Å²) in [6.45, 7) is 6.33. The lowest BCUT2D eigenvalue weighted by Gasteiger charge is -2.18. The van der Waals surface area contributed by atoms with Crippen molar-refractivity contribution in [2.75, 3.05) is 13.2 Å². The zero-order chi connectivity index (χ0) is 58.5. The molecule has 0 aliphatic carbocycles. The van der Waals surface area contributed by atoms with Crippen LogP contribution in [-0.2, 0) is 28.6 Å². The van der Waals surface area contributed by atoms with E-state index in [1.165, 1.54) is 57.8 Å². The molecule has 0 saturated carbocycles. The molecule has 0 aliphatic heterocycles. The summed E-state index contributed by atoms with van der Waals surface area (Å²) in [5, 5.41) is 0. The minimum atomic E-state index is -0.799. The first-order valence-corrected chi connectivity index (χ1v) is 32.6. The summed E-state index contributed by atoms with van der Waals surface area (Å²) in [7, 11) is 0. The number of hydrogen-bond acceptors (Lipinski definition) is 6. The molecule has 1 unspecified atom stereocenters. The van der Waals surface area contributed by atoms with Crippen LogP contribution in [0.4, 0.5) is 0 Å². The maximum Gasteiger partial charge on any atom is 0.306 e. The van der Waals surface area contributed by atoms with Gasteiger partial charge in [0.25, 0.3) is 0 Å². The fourth-order valence-corrected chi connectivity index (χ4v) is 8.40. The average molecular weight is 1120 g/mol. The summed E-state index contributed by atoms with van der Waals surface area (Å²) in [4.78, 5) is 38.1. The molecule has 0 aromatic rings. The van der Waals surface area contributed by atoms with Crippen LogP contribution in [0.3, 0.4) is 0 Å². The van der Waals surface area contributed by atoms with Crippen molar-refractivity contribution < 1.29 is 28.6 Å². The number of esters is 3. The zero-order valence-corrected chi connectivity index (χ0v) is 52.0. The number of rotatable bonds is 57. The Kier molecular flexibility index (Phi) is 62.9. The van der Waals surface area contributed by atoms with E-state index < -0.39 is 6.10 Å². The van der Waals surface area contributed by atoms with Gasteiger partial charge in [0.1, 0.15) is 13.2 Å². The Labute approximate surface area is 498 Å². The molecule has 81 heavy (non-hydrogen) atoms. The predicted molar refractivity (Wildman–Crippen MR) is 352 cm³/mol. The number of unbranched alkanes of at least 4 members (excludes halogenated alkanes) is 18. The van der Waals surface area contributed by atoms with Gasteiger partial charge in [-0.2, -0.15) is 0 Å². The monoisotopic (exact) mass is 1110 g/mol. The van der Waals surface area contributed by atoms with Crippen molar-refractivity contribution >= 4 is 17.9 Å². The van der Waals surface area contributed by atoms with Gasteiger partial charge in [0.15, 0.2) is 6.10 Å². The Morgan fingerprint density at radius 1 is 0.259 bits per heavy atom. The van der Waals surface area contributed by atoms with E-state index in [0.717, 1.165) is 167 Å². The first kappa shape index (κ1) is 75.8. The second-order valence-electron chi connectivity index (χ2n) is 20.9. The first-order valence-electron chi connectivity index (χ1n) is 32.6. The van der Waals surface area contributed by atoms with Crippen LogP contribution in [0.5, 0.6) is 0 Å². The van der Waals surface area contributed by atoms with Crippen LogP contribution in [0.1, 0.15) is 265 Å². The molecule has 454 valence electrons. The van der Waals surface area contributed by atoms with E-state index in [1.807, 2.05) is 0 Å². The van der Waals surface area contributed by atoms with Crippen molar-refractivity contribution in [1.29, 1.82) is 0 Å². The molecular formula is C75H118O6. The summed E-state index contributed by atoms with van der Waals surface area (Å²) in [5.74, 6) is -0.941.